The van der Waals surface area contributed by atoms with Crippen LogP contribution in [0.2, 0.25) is 0 Å². The fourth-order valence-electron chi connectivity index (χ4n) is 4.01. The Morgan fingerprint density at radius 2 is 1.80 bits per heavy atom. The molecule has 2 heterocycles. The van der Waals surface area contributed by atoms with Gasteiger partial charge in [0, 0.05) is 19.1 Å². The van der Waals surface area contributed by atoms with Crippen molar-refractivity contribution in [2.24, 2.45) is 17.1 Å². The number of hydrogen-bond acceptors (Lipinski definition) is 3. The summed E-state index contributed by atoms with van der Waals surface area (Å²) in [5.74, 6) is 0.662. The molecule has 0 aromatic rings. The summed E-state index contributed by atoms with van der Waals surface area (Å²) in [6, 6.07) is 0.823. The molecule has 118 valence electrons. The van der Waals surface area contributed by atoms with E-state index in [0.29, 0.717) is 11.3 Å². The zero-order valence-corrected chi connectivity index (χ0v) is 13.9. The van der Waals surface area contributed by atoms with Crippen molar-refractivity contribution in [3.05, 3.63) is 0 Å². The Morgan fingerprint density at radius 1 is 1.10 bits per heavy atom. The summed E-state index contributed by atoms with van der Waals surface area (Å²) >= 11 is 0. The molecule has 3 heteroatoms. The molecule has 0 aromatic carbocycles. The first-order valence-corrected chi connectivity index (χ1v) is 8.64. The maximum atomic E-state index is 6.00. The Balaban J connectivity index is 1.76. The van der Waals surface area contributed by atoms with Crippen molar-refractivity contribution < 1.29 is 0 Å². The highest BCUT2D eigenvalue weighted by Crippen LogP contribution is 2.26. The van der Waals surface area contributed by atoms with Gasteiger partial charge < -0.3 is 10.6 Å². The highest BCUT2D eigenvalue weighted by Gasteiger charge is 2.30. The highest BCUT2D eigenvalue weighted by atomic mass is 15.3. The quantitative estimate of drug-likeness (QED) is 0.840. The van der Waals surface area contributed by atoms with Crippen LogP contribution < -0.4 is 5.73 Å². The monoisotopic (exact) mass is 281 g/mol. The Morgan fingerprint density at radius 3 is 2.40 bits per heavy atom. The molecule has 2 saturated heterocycles. The molecule has 0 saturated carbocycles. The standard InChI is InChI=1S/C17H35N3/c1-17(2,3)11-15(12-18)13-19-10-7-16(14-19)20-8-5-4-6-9-20/h15-16H,4-14,18H2,1-3H3. The molecule has 0 amide bonds. The fourth-order valence-corrected chi connectivity index (χ4v) is 4.01. The van der Waals surface area contributed by atoms with E-state index in [9.17, 15) is 0 Å². The summed E-state index contributed by atoms with van der Waals surface area (Å²) in [4.78, 5) is 5.41. The summed E-state index contributed by atoms with van der Waals surface area (Å²) in [6.45, 7) is 14.3. The van der Waals surface area contributed by atoms with Crippen LogP contribution in [0.15, 0.2) is 0 Å². The van der Waals surface area contributed by atoms with E-state index < -0.39 is 0 Å². The van der Waals surface area contributed by atoms with E-state index in [1.54, 1.807) is 0 Å². The SMILES string of the molecule is CC(C)(C)CC(CN)CN1CCC(N2CCCCC2)C1. The first-order valence-electron chi connectivity index (χ1n) is 8.64. The topological polar surface area (TPSA) is 32.5 Å². The molecule has 0 radical (unpaired) electrons. The smallest absolute Gasteiger partial charge is 0.0235 e. The lowest BCUT2D eigenvalue weighted by Crippen LogP contribution is -2.41. The van der Waals surface area contributed by atoms with Crippen molar-refractivity contribution in [2.45, 2.75) is 58.9 Å². The molecule has 2 rings (SSSR count). The molecule has 20 heavy (non-hydrogen) atoms. The molecule has 0 bridgehead atoms. The second kappa shape index (κ2) is 7.24. The van der Waals surface area contributed by atoms with E-state index in [1.807, 2.05) is 0 Å². The Bertz CT molecular complexity index is 278. The summed E-state index contributed by atoms with van der Waals surface area (Å²) < 4.78 is 0. The van der Waals surface area contributed by atoms with Crippen LogP contribution in [0.1, 0.15) is 52.9 Å². The van der Waals surface area contributed by atoms with Crippen molar-refractivity contribution in [2.75, 3.05) is 39.3 Å². The first-order chi connectivity index (χ1) is 9.48. The van der Waals surface area contributed by atoms with Gasteiger partial charge in [0.15, 0.2) is 0 Å². The van der Waals surface area contributed by atoms with E-state index in [2.05, 4.69) is 30.6 Å². The van der Waals surface area contributed by atoms with E-state index in [0.717, 1.165) is 12.6 Å². The lowest BCUT2D eigenvalue weighted by molar-refractivity contribution is 0.154. The molecule has 2 N–H and O–H groups in total. The van der Waals surface area contributed by atoms with Crippen molar-refractivity contribution in [3.63, 3.8) is 0 Å². The number of hydrogen-bond donors (Lipinski definition) is 1. The lowest BCUT2D eigenvalue weighted by atomic mass is 9.84. The Hall–Kier alpha value is -0.120. The third-order valence-electron chi connectivity index (χ3n) is 4.91. The van der Waals surface area contributed by atoms with Crippen LogP contribution in [0.5, 0.6) is 0 Å². The zero-order chi connectivity index (χ0) is 14.6. The summed E-state index contributed by atoms with van der Waals surface area (Å²) in [5.41, 5.74) is 6.40. The maximum absolute atomic E-state index is 6.00. The van der Waals surface area contributed by atoms with E-state index >= 15 is 0 Å². The van der Waals surface area contributed by atoms with Crippen molar-refractivity contribution >= 4 is 0 Å². The van der Waals surface area contributed by atoms with Gasteiger partial charge in [-0.3, -0.25) is 4.90 Å². The normalized spacial score (nSPS) is 27.9. The van der Waals surface area contributed by atoms with Crippen LogP contribution in [0.4, 0.5) is 0 Å². The average Bonchev–Trinajstić information content (AvgIpc) is 2.86. The molecule has 0 spiro atoms. The maximum Gasteiger partial charge on any atom is 0.0235 e. The molecule has 3 nitrogen and oxygen atoms in total. The molecule has 0 aliphatic carbocycles. The van der Waals surface area contributed by atoms with Crippen LogP contribution in [0.3, 0.4) is 0 Å². The molecule has 2 fully saturated rings. The van der Waals surface area contributed by atoms with Gasteiger partial charge in [-0.2, -0.15) is 0 Å². The number of likely N-dealkylation sites (tertiary alicyclic amines) is 2. The molecular weight excluding hydrogens is 246 g/mol. The van der Waals surface area contributed by atoms with Crippen molar-refractivity contribution in [1.29, 1.82) is 0 Å². The molecule has 0 aromatic heterocycles. The fraction of sp³-hybridized carbons (Fsp3) is 1.00. The van der Waals surface area contributed by atoms with Gasteiger partial charge >= 0.3 is 0 Å². The largest absolute Gasteiger partial charge is 0.330 e. The van der Waals surface area contributed by atoms with Gasteiger partial charge in [-0.15, -0.1) is 0 Å². The number of nitrogens with two attached hydrogens (primary N) is 1. The second-order valence-corrected chi connectivity index (χ2v) is 8.17. The van der Waals surface area contributed by atoms with Crippen LogP contribution in [-0.4, -0.2) is 55.1 Å². The van der Waals surface area contributed by atoms with E-state index in [4.69, 9.17) is 5.73 Å². The minimum Gasteiger partial charge on any atom is -0.330 e. The van der Waals surface area contributed by atoms with E-state index in [-0.39, 0.29) is 0 Å². The molecule has 2 unspecified atom stereocenters. The Kier molecular flexibility index (Phi) is 5.88. The number of rotatable bonds is 5. The van der Waals surface area contributed by atoms with Crippen LogP contribution in [0, 0.1) is 11.3 Å². The minimum atomic E-state index is 0.399. The first kappa shape index (κ1) is 16.3. The van der Waals surface area contributed by atoms with Crippen LogP contribution >= 0.6 is 0 Å². The predicted octanol–water partition coefficient (Wildman–Crippen LogP) is 2.56. The Labute approximate surface area is 125 Å². The second-order valence-electron chi connectivity index (χ2n) is 8.17. The molecule has 2 aliphatic rings. The van der Waals surface area contributed by atoms with Gasteiger partial charge in [-0.25, -0.2) is 0 Å². The van der Waals surface area contributed by atoms with Gasteiger partial charge in [-0.1, -0.05) is 27.2 Å². The van der Waals surface area contributed by atoms with Gasteiger partial charge in [0.05, 0.1) is 0 Å². The van der Waals surface area contributed by atoms with Gasteiger partial charge in [0.1, 0.15) is 0 Å². The molecule has 2 aliphatic heterocycles. The van der Waals surface area contributed by atoms with Crippen LogP contribution in [0.25, 0.3) is 0 Å². The van der Waals surface area contributed by atoms with Crippen molar-refractivity contribution in [1.82, 2.24) is 9.80 Å². The number of nitrogens with zero attached hydrogens (tertiary/aromatic N) is 2. The van der Waals surface area contributed by atoms with Crippen molar-refractivity contribution in [3.8, 4) is 0 Å². The molecule has 2 atom stereocenters. The van der Waals surface area contributed by atoms with Gasteiger partial charge in [0.25, 0.3) is 0 Å². The van der Waals surface area contributed by atoms with Gasteiger partial charge in [0.2, 0.25) is 0 Å². The van der Waals surface area contributed by atoms with E-state index in [1.165, 1.54) is 64.8 Å². The summed E-state index contributed by atoms with van der Waals surface area (Å²) in [6.07, 6.45) is 6.87. The summed E-state index contributed by atoms with van der Waals surface area (Å²) in [7, 11) is 0. The predicted molar refractivity (Wildman–Crippen MR) is 86.9 cm³/mol. The minimum absolute atomic E-state index is 0.399. The third kappa shape index (κ3) is 5.01. The average molecular weight is 281 g/mol. The van der Waals surface area contributed by atoms with Crippen LogP contribution in [-0.2, 0) is 0 Å². The van der Waals surface area contributed by atoms with Gasteiger partial charge in [-0.05, 0) is 63.2 Å². The summed E-state index contributed by atoms with van der Waals surface area (Å²) in [5, 5.41) is 0. The molecular formula is C17H35N3. The highest BCUT2D eigenvalue weighted by molar-refractivity contribution is 4.86. The zero-order valence-electron chi connectivity index (χ0n) is 13.9. The third-order valence-corrected chi connectivity index (χ3v) is 4.91. The number of piperidine rings is 1. The lowest BCUT2D eigenvalue weighted by Gasteiger charge is -2.33.